The van der Waals surface area contributed by atoms with E-state index in [2.05, 4.69) is 19.3 Å². The van der Waals surface area contributed by atoms with Gasteiger partial charge < -0.3 is 5.32 Å². The average molecular weight is 197 g/mol. The third-order valence-electron chi connectivity index (χ3n) is 3.81. The molecule has 1 atom stereocenters. The molecule has 0 saturated heterocycles. The van der Waals surface area contributed by atoms with Gasteiger partial charge in [-0.15, -0.1) is 0 Å². The van der Waals surface area contributed by atoms with Crippen molar-refractivity contribution in [2.45, 2.75) is 70.8 Å². The van der Waals surface area contributed by atoms with Crippen molar-refractivity contribution in [3.63, 3.8) is 0 Å². The van der Waals surface area contributed by atoms with Crippen molar-refractivity contribution in [2.75, 3.05) is 7.05 Å². The third-order valence-corrected chi connectivity index (χ3v) is 3.81. The second kappa shape index (κ2) is 7.28. The van der Waals surface area contributed by atoms with E-state index < -0.39 is 0 Å². The molecule has 0 unspecified atom stereocenters. The average Bonchev–Trinajstić information content (AvgIpc) is 2.24. The van der Waals surface area contributed by atoms with Crippen LogP contribution in [0.3, 0.4) is 0 Å². The van der Waals surface area contributed by atoms with E-state index in [-0.39, 0.29) is 0 Å². The van der Waals surface area contributed by atoms with Crippen LogP contribution in [-0.2, 0) is 0 Å². The lowest BCUT2D eigenvalue weighted by Crippen LogP contribution is -2.30. The molecule has 1 nitrogen and oxygen atoms in total. The first-order valence-corrected chi connectivity index (χ1v) is 6.52. The van der Waals surface area contributed by atoms with Crippen LogP contribution < -0.4 is 5.32 Å². The Balaban J connectivity index is 2.30. The van der Waals surface area contributed by atoms with Crippen LogP contribution in [0.4, 0.5) is 0 Å². The molecule has 0 spiro atoms. The van der Waals surface area contributed by atoms with Crippen LogP contribution in [0.2, 0.25) is 0 Å². The maximum atomic E-state index is 3.42. The lowest BCUT2D eigenvalue weighted by atomic mass is 9.88. The highest BCUT2D eigenvalue weighted by Gasteiger charge is 2.15. The highest BCUT2D eigenvalue weighted by molar-refractivity contribution is 4.71. The van der Waals surface area contributed by atoms with Gasteiger partial charge in [0.25, 0.3) is 0 Å². The summed E-state index contributed by atoms with van der Waals surface area (Å²) < 4.78 is 0. The van der Waals surface area contributed by atoms with Gasteiger partial charge in [-0.05, 0) is 32.7 Å². The molecule has 0 heterocycles. The summed E-state index contributed by atoms with van der Waals surface area (Å²) in [5.41, 5.74) is 0. The van der Waals surface area contributed by atoms with Gasteiger partial charge in [0.05, 0.1) is 0 Å². The molecule has 1 aliphatic rings. The van der Waals surface area contributed by atoms with Crippen LogP contribution in [-0.4, -0.2) is 13.1 Å². The highest BCUT2D eigenvalue weighted by Crippen LogP contribution is 2.23. The maximum absolute atomic E-state index is 3.42. The van der Waals surface area contributed by atoms with E-state index in [9.17, 15) is 0 Å². The summed E-state index contributed by atoms with van der Waals surface area (Å²) in [7, 11) is 2.10. The Morgan fingerprint density at radius 2 is 1.29 bits per heavy atom. The minimum atomic E-state index is 0.717. The summed E-state index contributed by atoms with van der Waals surface area (Å²) in [6.45, 7) is 2.34. The summed E-state index contributed by atoms with van der Waals surface area (Å²) in [5, 5.41) is 3.42. The molecule has 1 N–H and O–H groups in total. The zero-order valence-electron chi connectivity index (χ0n) is 10.0. The smallest absolute Gasteiger partial charge is 0.00639 e. The minimum Gasteiger partial charge on any atom is -0.317 e. The Kier molecular flexibility index (Phi) is 6.25. The largest absolute Gasteiger partial charge is 0.317 e. The zero-order valence-corrected chi connectivity index (χ0v) is 10.0. The fourth-order valence-corrected chi connectivity index (χ4v) is 2.58. The predicted octanol–water partition coefficient (Wildman–Crippen LogP) is 3.74. The first-order chi connectivity index (χ1) is 6.84. The van der Waals surface area contributed by atoms with E-state index in [4.69, 9.17) is 0 Å². The van der Waals surface area contributed by atoms with Crippen molar-refractivity contribution in [3.05, 3.63) is 0 Å². The van der Waals surface area contributed by atoms with Gasteiger partial charge in [-0.2, -0.15) is 0 Å². The number of hydrogen-bond acceptors (Lipinski definition) is 1. The van der Waals surface area contributed by atoms with Gasteiger partial charge >= 0.3 is 0 Å². The third kappa shape index (κ3) is 4.45. The van der Waals surface area contributed by atoms with Gasteiger partial charge in [0.1, 0.15) is 0 Å². The monoisotopic (exact) mass is 197 g/mol. The molecule has 0 aliphatic heterocycles. The first-order valence-electron chi connectivity index (χ1n) is 6.52. The minimum absolute atomic E-state index is 0.717. The molecular weight excluding hydrogens is 170 g/mol. The molecule has 0 aromatic carbocycles. The molecule has 1 aliphatic carbocycles. The van der Waals surface area contributed by atoms with Crippen LogP contribution >= 0.6 is 0 Å². The Labute approximate surface area is 89.7 Å². The Hall–Kier alpha value is -0.0400. The molecule has 1 rings (SSSR count). The fraction of sp³-hybridized carbons (Fsp3) is 1.00. The summed E-state index contributed by atoms with van der Waals surface area (Å²) in [4.78, 5) is 0. The lowest BCUT2D eigenvalue weighted by molar-refractivity contribution is 0.318. The van der Waals surface area contributed by atoms with Crippen LogP contribution in [0.1, 0.15) is 64.7 Å². The van der Waals surface area contributed by atoms with Gasteiger partial charge in [-0.3, -0.25) is 0 Å². The van der Waals surface area contributed by atoms with Gasteiger partial charge in [0.2, 0.25) is 0 Å². The van der Waals surface area contributed by atoms with Crippen LogP contribution in [0.15, 0.2) is 0 Å². The van der Waals surface area contributed by atoms with E-state index in [1.807, 2.05) is 0 Å². The molecule has 0 radical (unpaired) electrons. The van der Waals surface area contributed by atoms with Gasteiger partial charge in [0, 0.05) is 6.04 Å². The van der Waals surface area contributed by atoms with Crippen LogP contribution in [0.5, 0.6) is 0 Å². The molecule has 0 aromatic rings. The number of rotatable bonds is 2. The fourth-order valence-electron chi connectivity index (χ4n) is 2.58. The molecular formula is C13H27N. The molecule has 0 amide bonds. The number of nitrogens with one attached hydrogen (secondary N) is 1. The van der Waals surface area contributed by atoms with Gasteiger partial charge in [0.15, 0.2) is 0 Å². The molecule has 84 valence electrons. The van der Waals surface area contributed by atoms with Crippen molar-refractivity contribution in [3.8, 4) is 0 Å². The van der Waals surface area contributed by atoms with E-state index >= 15 is 0 Å². The Morgan fingerprint density at radius 1 is 0.857 bits per heavy atom. The summed E-state index contributed by atoms with van der Waals surface area (Å²) >= 11 is 0. The number of hydrogen-bond donors (Lipinski definition) is 1. The van der Waals surface area contributed by atoms with E-state index in [1.54, 1.807) is 0 Å². The molecule has 1 saturated carbocycles. The summed E-state index contributed by atoms with van der Waals surface area (Å²) in [6.07, 6.45) is 13.2. The molecule has 14 heavy (non-hydrogen) atoms. The van der Waals surface area contributed by atoms with Crippen molar-refractivity contribution in [1.82, 2.24) is 5.32 Å². The maximum Gasteiger partial charge on any atom is 0.00639 e. The van der Waals surface area contributed by atoms with Crippen LogP contribution in [0, 0.1) is 5.92 Å². The van der Waals surface area contributed by atoms with Crippen molar-refractivity contribution in [2.24, 2.45) is 5.92 Å². The Bertz CT molecular complexity index is 123. The molecule has 1 fully saturated rings. The van der Waals surface area contributed by atoms with Gasteiger partial charge in [-0.25, -0.2) is 0 Å². The van der Waals surface area contributed by atoms with E-state index in [0.29, 0.717) is 0 Å². The van der Waals surface area contributed by atoms with Gasteiger partial charge in [-0.1, -0.05) is 44.9 Å². The molecule has 0 bridgehead atoms. The van der Waals surface area contributed by atoms with E-state index in [0.717, 1.165) is 12.0 Å². The second-order valence-electron chi connectivity index (χ2n) is 4.89. The lowest BCUT2D eigenvalue weighted by Gasteiger charge is -2.24. The quantitative estimate of drug-likeness (QED) is 0.711. The topological polar surface area (TPSA) is 12.0 Å². The summed E-state index contributed by atoms with van der Waals surface area (Å²) in [6, 6.07) is 0.717. The van der Waals surface area contributed by atoms with Crippen molar-refractivity contribution in [1.29, 1.82) is 0 Å². The van der Waals surface area contributed by atoms with Crippen molar-refractivity contribution < 1.29 is 0 Å². The van der Waals surface area contributed by atoms with Crippen LogP contribution in [0.25, 0.3) is 0 Å². The normalized spacial score (nSPS) is 24.4. The SMILES string of the molecule is CN[C@H](C)C1CCCCCCCCC1. The highest BCUT2D eigenvalue weighted by atomic mass is 14.9. The van der Waals surface area contributed by atoms with Crippen molar-refractivity contribution >= 4 is 0 Å². The second-order valence-corrected chi connectivity index (χ2v) is 4.89. The summed E-state index contributed by atoms with van der Waals surface area (Å²) in [5.74, 6) is 0.929. The molecule has 1 heteroatoms. The molecule has 0 aromatic heterocycles. The van der Waals surface area contributed by atoms with E-state index in [1.165, 1.54) is 57.8 Å². The Morgan fingerprint density at radius 3 is 1.71 bits per heavy atom. The predicted molar refractivity (Wildman–Crippen MR) is 63.6 cm³/mol. The first kappa shape index (κ1) is 12.0. The zero-order chi connectivity index (χ0) is 10.2. The standard InChI is InChI=1S/C13H27N/c1-12(14-2)13-10-8-6-4-3-5-7-9-11-13/h12-14H,3-11H2,1-2H3/t12-/m1/s1.